The molecule has 1 amide bonds. The highest BCUT2D eigenvalue weighted by Crippen LogP contribution is 2.39. The Labute approximate surface area is 262 Å². The second-order valence-electron chi connectivity index (χ2n) is 11.6. The van der Waals surface area contributed by atoms with E-state index < -0.39 is 23.6 Å². The van der Waals surface area contributed by atoms with Gasteiger partial charge in [-0.2, -0.15) is 0 Å². The average molecular weight is 619 g/mol. The maximum atomic E-state index is 15.3. The number of fused-ring (bicyclic) bond motifs is 1. The summed E-state index contributed by atoms with van der Waals surface area (Å²) >= 11 is 0. The molecule has 0 aliphatic carbocycles. The molecule has 45 heavy (non-hydrogen) atoms. The van der Waals surface area contributed by atoms with Crippen LogP contribution in [0.15, 0.2) is 79.0 Å². The third-order valence-electron chi connectivity index (χ3n) is 6.87. The molecule has 3 aromatic carbocycles. The van der Waals surface area contributed by atoms with Gasteiger partial charge in [0.1, 0.15) is 36.9 Å². The van der Waals surface area contributed by atoms with Crippen molar-refractivity contribution in [3.8, 4) is 17.2 Å². The molecule has 1 atom stereocenters. The topological polar surface area (TPSA) is 88.6 Å². The Morgan fingerprint density at radius 1 is 0.956 bits per heavy atom. The van der Waals surface area contributed by atoms with Gasteiger partial charge in [-0.05, 0) is 31.9 Å². The first-order valence-corrected chi connectivity index (χ1v) is 15.0. The van der Waals surface area contributed by atoms with E-state index in [1.807, 2.05) is 81.4 Å². The minimum Gasteiger partial charge on any atom is -0.489 e. The van der Waals surface area contributed by atoms with E-state index in [1.165, 1.54) is 0 Å². The lowest BCUT2D eigenvalue weighted by Gasteiger charge is -2.27. The molecule has 1 aliphatic rings. The molecule has 0 unspecified atom stereocenters. The highest BCUT2D eigenvalue weighted by molar-refractivity contribution is 5.92. The first kappa shape index (κ1) is 32.0. The third-order valence-corrected chi connectivity index (χ3v) is 6.87. The van der Waals surface area contributed by atoms with Crippen LogP contribution >= 0.6 is 0 Å². The first-order valence-electron chi connectivity index (χ1n) is 15.0. The summed E-state index contributed by atoms with van der Waals surface area (Å²) in [7, 11) is 0. The Kier molecular flexibility index (Phi) is 10.7. The normalized spacial score (nSPS) is 15.4. The summed E-state index contributed by atoms with van der Waals surface area (Å²) in [6.07, 6.45) is 0.313. The Balaban J connectivity index is 1.30. The Hall–Kier alpha value is -4.41. The van der Waals surface area contributed by atoms with Crippen molar-refractivity contribution >= 4 is 17.0 Å². The zero-order valence-electron chi connectivity index (χ0n) is 25.9. The number of rotatable bonds is 11. The van der Waals surface area contributed by atoms with Crippen LogP contribution in [-0.2, 0) is 27.4 Å². The van der Waals surface area contributed by atoms with Crippen LogP contribution in [0.1, 0.15) is 31.9 Å². The molecule has 0 N–H and O–H groups in total. The lowest BCUT2D eigenvalue weighted by atomic mass is 10.1. The van der Waals surface area contributed by atoms with Gasteiger partial charge in [0.25, 0.3) is 0 Å². The van der Waals surface area contributed by atoms with Crippen LogP contribution in [-0.4, -0.2) is 67.2 Å². The highest BCUT2D eigenvalue weighted by Gasteiger charge is 2.27. The molecule has 1 aromatic heterocycles. The van der Waals surface area contributed by atoms with Gasteiger partial charge in [-0.3, -0.25) is 4.98 Å². The molecular weight excluding hydrogens is 579 g/mol. The molecule has 10 heteroatoms. The lowest BCUT2D eigenvalue weighted by Crippen LogP contribution is -2.42. The van der Waals surface area contributed by atoms with Gasteiger partial charge < -0.3 is 33.3 Å². The van der Waals surface area contributed by atoms with Gasteiger partial charge in [-0.25, -0.2) is 9.18 Å². The van der Waals surface area contributed by atoms with Crippen molar-refractivity contribution in [3.05, 3.63) is 95.9 Å². The number of pyridine rings is 1. The number of carbonyl (C=O) groups is 1. The van der Waals surface area contributed by atoms with Crippen LogP contribution in [0, 0.1) is 5.82 Å². The minimum atomic E-state index is -0.626. The van der Waals surface area contributed by atoms with E-state index in [4.69, 9.17) is 28.4 Å². The molecule has 5 rings (SSSR count). The van der Waals surface area contributed by atoms with E-state index in [-0.39, 0.29) is 25.6 Å². The maximum Gasteiger partial charge on any atom is 0.410 e. The largest absolute Gasteiger partial charge is 0.489 e. The number of hydrogen-bond donors (Lipinski definition) is 0. The van der Waals surface area contributed by atoms with E-state index >= 15 is 4.39 Å². The lowest BCUT2D eigenvalue weighted by molar-refractivity contribution is -0.0204. The SMILES string of the molecule is CC(C)(C)OC(=O)N1CCOC[C@@H](OCCOc2c(F)cnc3cc(OCc4ccccc4)cc(OCc4ccccc4)c23)C1. The molecular formula is C35H39FN2O7. The standard InChI is InChI=1S/C35H39FN2O7/c1-35(2,3)45-34(39)38-14-15-40-24-28(21-38)41-16-17-42-33-29(36)20-37-30-18-27(43-22-25-10-6-4-7-11-25)19-31(32(30)33)44-23-26-12-8-5-9-13-26/h4-13,18-20,28H,14-17,21-24H2,1-3H3/t28-/m0/s1. The van der Waals surface area contributed by atoms with Gasteiger partial charge in [0.05, 0.1) is 49.6 Å². The zero-order valence-corrected chi connectivity index (χ0v) is 25.9. The van der Waals surface area contributed by atoms with Crippen LogP contribution in [0.3, 0.4) is 0 Å². The molecule has 9 nitrogen and oxygen atoms in total. The summed E-state index contributed by atoms with van der Waals surface area (Å²) < 4.78 is 50.6. The van der Waals surface area contributed by atoms with E-state index in [9.17, 15) is 4.79 Å². The Morgan fingerprint density at radius 2 is 1.64 bits per heavy atom. The molecule has 4 aromatic rings. The number of benzene rings is 3. The second kappa shape index (κ2) is 15.0. The van der Waals surface area contributed by atoms with Gasteiger partial charge in [0.2, 0.25) is 0 Å². The zero-order chi connectivity index (χ0) is 31.6. The maximum absolute atomic E-state index is 15.3. The number of ether oxygens (including phenoxy) is 6. The van der Waals surface area contributed by atoms with Crippen LogP contribution in [0.4, 0.5) is 9.18 Å². The third kappa shape index (κ3) is 9.29. The summed E-state index contributed by atoms with van der Waals surface area (Å²) in [6.45, 7) is 7.67. The number of amides is 1. The van der Waals surface area contributed by atoms with Gasteiger partial charge in [0, 0.05) is 18.7 Å². The number of carbonyl (C=O) groups excluding carboxylic acids is 1. The van der Waals surface area contributed by atoms with Gasteiger partial charge in [-0.15, -0.1) is 0 Å². The predicted octanol–water partition coefficient (Wildman–Crippen LogP) is 6.56. The Morgan fingerprint density at radius 3 is 2.33 bits per heavy atom. The van der Waals surface area contributed by atoms with Crippen molar-refractivity contribution in [2.75, 3.05) is 39.5 Å². The van der Waals surface area contributed by atoms with E-state index in [0.717, 1.165) is 17.3 Å². The molecule has 238 valence electrons. The molecule has 1 fully saturated rings. The molecule has 0 spiro atoms. The van der Waals surface area contributed by atoms with Crippen molar-refractivity contribution in [2.45, 2.75) is 45.7 Å². The van der Waals surface area contributed by atoms with Crippen molar-refractivity contribution in [1.29, 1.82) is 0 Å². The van der Waals surface area contributed by atoms with Crippen LogP contribution < -0.4 is 14.2 Å². The van der Waals surface area contributed by atoms with Crippen molar-refractivity contribution in [1.82, 2.24) is 9.88 Å². The molecule has 0 radical (unpaired) electrons. The number of aromatic nitrogens is 1. The fourth-order valence-corrected chi connectivity index (χ4v) is 4.76. The summed E-state index contributed by atoms with van der Waals surface area (Å²) in [5.74, 6) is 0.297. The molecule has 2 heterocycles. The number of nitrogens with zero attached hydrogens (tertiary/aromatic N) is 2. The average Bonchev–Trinajstić information content (AvgIpc) is 3.28. The summed E-state index contributed by atoms with van der Waals surface area (Å²) in [4.78, 5) is 18.5. The van der Waals surface area contributed by atoms with Gasteiger partial charge >= 0.3 is 6.09 Å². The fraction of sp³-hybridized carbons (Fsp3) is 0.371. The van der Waals surface area contributed by atoms with Gasteiger partial charge in [-0.1, -0.05) is 60.7 Å². The predicted molar refractivity (Wildman–Crippen MR) is 167 cm³/mol. The minimum absolute atomic E-state index is 0.00812. The quantitative estimate of drug-likeness (QED) is 0.175. The van der Waals surface area contributed by atoms with Crippen LogP contribution in [0.5, 0.6) is 17.2 Å². The Bertz CT molecular complexity index is 1550. The van der Waals surface area contributed by atoms with Crippen LogP contribution in [0.2, 0.25) is 0 Å². The molecule has 1 saturated heterocycles. The molecule has 1 aliphatic heterocycles. The van der Waals surface area contributed by atoms with Gasteiger partial charge in [0.15, 0.2) is 11.6 Å². The number of hydrogen-bond acceptors (Lipinski definition) is 8. The first-order chi connectivity index (χ1) is 21.7. The smallest absolute Gasteiger partial charge is 0.410 e. The highest BCUT2D eigenvalue weighted by atomic mass is 19.1. The summed E-state index contributed by atoms with van der Waals surface area (Å²) in [6, 6.07) is 23.0. The summed E-state index contributed by atoms with van der Waals surface area (Å²) in [5, 5.41) is 0.395. The fourth-order valence-electron chi connectivity index (χ4n) is 4.76. The summed E-state index contributed by atoms with van der Waals surface area (Å²) in [5.41, 5.74) is 1.82. The molecule has 0 saturated carbocycles. The van der Waals surface area contributed by atoms with Crippen molar-refractivity contribution < 1.29 is 37.6 Å². The molecule has 0 bridgehead atoms. The van der Waals surface area contributed by atoms with E-state index in [0.29, 0.717) is 55.3 Å². The van der Waals surface area contributed by atoms with Crippen LogP contribution in [0.25, 0.3) is 10.9 Å². The monoisotopic (exact) mass is 618 g/mol. The number of halogens is 1. The van der Waals surface area contributed by atoms with E-state index in [1.54, 1.807) is 17.0 Å². The second-order valence-corrected chi connectivity index (χ2v) is 11.6. The van der Waals surface area contributed by atoms with Crippen molar-refractivity contribution in [3.63, 3.8) is 0 Å². The van der Waals surface area contributed by atoms with Crippen molar-refractivity contribution in [2.24, 2.45) is 0 Å². The van der Waals surface area contributed by atoms with E-state index in [2.05, 4.69) is 4.98 Å².